The van der Waals surface area contributed by atoms with E-state index in [9.17, 15) is 26.4 Å². The average molecular weight is 435 g/mol. The molecule has 26 heavy (non-hydrogen) atoms. The zero-order chi connectivity index (χ0) is 20.1. The molecule has 0 saturated heterocycles. The van der Waals surface area contributed by atoms with Crippen molar-refractivity contribution in [2.75, 3.05) is 26.2 Å². The van der Waals surface area contributed by atoms with Crippen LogP contribution in [0.5, 0.6) is 0 Å². The number of halogens is 4. The van der Waals surface area contributed by atoms with Gasteiger partial charge in [0.1, 0.15) is 10.9 Å². The molecular weight excluding hydrogens is 417 g/mol. The lowest BCUT2D eigenvalue weighted by Crippen LogP contribution is -2.47. The molecule has 1 rings (SSSR count). The normalized spacial score (nSPS) is 13.5. The van der Waals surface area contributed by atoms with Crippen LogP contribution in [0.1, 0.15) is 12.0 Å². The molecule has 1 amide bonds. The van der Waals surface area contributed by atoms with Gasteiger partial charge in [0.25, 0.3) is 5.91 Å². The highest BCUT2D eigenvalue weighted by Gasteiger charge is 2.34. The number of rotatable bonds is 8. The minimum Gasteiger partial charge on any atom is -0.275 e. The van der Waals surface area contributed by atoms with Crippen LogP contribution < -0.4 is 4.72 Å². The first-order valence-corrected chi connectivity index (χ1v) is 10.4. The second kappa shape index (κ2) is 9.27. The van der Waals surface area contributed by atoms with E-state index in [2.05, 4.69) is 4.72 Å². The molecule has 1 aromatic carbocycles. The summed E-state index contributed by atoms with van der Waals surface area (Å²) < 4.78 is 65.8. The Labute approximate surface area is 159 Å². The molecule has 1 N–H and O–H groups in total. The lowest BCUT2D eigenvalue weighted by molar-refractivity contribution is -0.170. The Balaban J connectivity index is 3.24. The fourth-order valence-electron chi connectivity index (χ4n) is 1.91. The molecule has 0 aromatic heterocycles. The number of nitrogens with zero attached hydrogens (tertiary/aromatic N) is 1. The van der Waals surface area contributed by atoms with Gasteiger partial charge in [0.05, 0.1) is 17.7 Å². The molecule has 0 fully saturated rings. The number of sulfonamides is 1. The SMILES string of the molecule is CON(C)C(=O)C(CCSC)NS(=O)(=O)c1cc(C(F)(F)F)ccc1Cl. The third-order valence-electron chi connectivity index (χ3n) is 3.34. The van der Waals surface area contributed by atoms with E-state index in [1.807, 2.05) is 0 Å². The summed E-state index contributed by atoms with van der Waals surface area (Å²) in [6, 6.07) is 0.735. The lowest BCUT2D eigenvalue weighted by Gasteiger charge is -2.23. The molecule has 0 bridgehead atoms. The van der Waals surface area contributed by atoms with Crippen molar-refractivity contribution in [1.29, 1.82) is 0 Å². The van der Waals surface area contributed by atoms with Gasteiger partial charge in [0, 0.05) is 7.05 Å². The fraction of sp³-hybridized carbons (Fsp3) is 0.500. The maximum Gasteiger partial charge on any atom is 0.416 e. The van der Waals surface area contributed by atoms with Crippen molar-refractivity contribution in [2.45, 2.75) is 23.5 Å². The van der Waals surface area contributed by atoms with Crippen molar-refractivity contribution >= 4 is 39.3 Å². The Morgan fingerprint density at radius 3 is 2.54 bits per heavy atom. The highest BCUT2D eigenvalue weighted by atomic mass is 35.5. The first-order chi connectivity index (χ1) is 11.9. The van der Waals surface area contributed by atoms with E-state index in [1.165, 1.54) is 25.9 Å². The van der Waals surface area contributed by atoms with Crippen molar-refractivity contribution in [1.82, 2.24) is 9.79 Å². The van der Waals surface area contributed by atoms with Gasteiger partial charge in [-0.25, -0.2) is 13.5 Å². The summed E-state index contributed by atoms with van der Waals surface area (Å²) in [5, 5.41) is 0.447. The Morgan fingerprint density at radius 1 is 1.42 bits per heavy atom. The third kappa shape index (κ3) is 6.02. The summed E-state index contributed by atoms with van der Waals surface area (Å²) in [4.78, 5) is 16.2. The second-order valence-electron chi connectivity index (χ2n) is 5.12. The maximum absolute atomic E-state index is 12.9. The minimum absolute atomic E-state index is 0.115. The number of carbonyl (C=O) groups excluding carboxylic acids is 1. The number of alkyl halides is 3. The Morgan fingerprint density at radius 2 is 2.04 bits per heavy atom. The average Bonchev–Trinajstić information content (AvgIpc) is 2.56. The molecule has 0 aliphatic rings. The largest absolute Gasteiger partial charge is 0.416 e. The number of hydrogen-bond acceptors (Lipinski definition) is 5. The van der Waals surface area contributed by atoms with Gasteiger partial charge in [-0.1, -0.05) is 11.6 Å². The highest BCUT2D eigenvalue weighted by molar-refractivity contribution is 7.98. The van der Waals surface area contributed by atoms with Crippen LogP contribution in [0.15, 0.2) is 23.1 Å². The molecule has 1 aromatic rings. The lowest BCUT2D eigenvalue weighted by atomic mass is 10.2. The van der Waals surface area contributed by atoms with Crippen LogP contribution in [0, 0.1) is 0 Å². The van der Waals surface area contributed by atoms with Crippen LogP contribution in [0.25, 0.3) is 0 Å². The summed E-state index contributed by atoms with van der Waals surface area (Å²) in [5.41, 5.74) is -1.16. The van der Waals surface area contributed by atoms with E-state index in [4.69, 9.17) is 16.4 Å². The molecule has 6 nitrogen and oxygen atoms in total. The summed E-state index contributed by atoms with van der Waals surface area (Å²) in [6.45, 7) is 0. The number of amides is 1. The number of carbonyl (C=O) groups is 1. The molecule has 0 spiro atoms. The van der Waals surface area contributed by atoms with Gasteiger partial charge in [-0.3, -0.25) is 9.63 Å². The fourth-order valence-corrected chi connectivity index (χ4v) is 4.14. The number of nitrogens with one attached hydrogen (secondary N) is 1. The van der Waals surface area contributed by atoms with E-state index < -0.39 is 38.6 Å². The van der Waals surface area contributed by atoms with Gasteiger partial charge in [-0.2, -0.15) is 29.7 Å². The third-order valence-corrected chi connectivity index (χ3v) is 5.94. The van der Waals surface area contributed by atoms with Crippen molar-refractivity contribution < 1.29 is 31.2 Å². The van der Waals surface area contributed by atoms with Gasteiger partial charge in [-0.05, 0) is 36.6 Å². The van der Waals surface area contributed by atoms with E-state index in [0.29, 0.717) is 17.9 Å². The first-order valence-electron chi connectivity index (χ1n) is 7.13. The van der Waals surface area contributed by atoms with Crippen molar-refractivity contribution in [2.24, 2.45) is 0 Å². The highest BCUT2D eigenvalue weighted by Crippen LogP contribution is 2.33. The predicted octanol–water partition coefficient (Wildman–Crippen LogP) is 2.78. The van der Waals surface area contributed by atoms with E-state index in [1.54, 1.807) is 6.26 Å². The molecule has 0 aliphatic heterocycles. The van der Waals surface area contributed by atoms with Crippen LogP contribution in [-0.4, -0.2) is 51.6 Å². The number of hydrogen-bond donors (Lipinski definition) is 1. The van der Waals surface area contributed by atoms with Crippen molar-refractivity contribution in [3.8, 4) is 0 Å². The molecule has 1 atom stereocenters. The monoisotopic (exact) mass is 434 g/mol. The predicted molar refractivity (Wildman–Crippen MR) is 93.3 cm³/mol. The second-order valence-corrected chi connectivity index (χ2v) is 8.19. The molecule has 0 heterocycles. The van der Waals surface area contributed by atoms with Crippen LogP contribution in [-0.2, 0) is 25.8 Å². The minimum atomic E-state index is -4.74. The van der Waals surface area contributed by atoms with Gasteiger partial charge < -0.3 is 0 Å². The number of hydroxylamine groups is 2. The van der Waals surface area contributed by atoms with Crippen LogP contribution in [0.3, 0.4) is 0 Å². The smallest absolute Gasteiger partial charge is 0.275 e. The summed E-state index contributed by atoms with van der Waals surface area (Å²) in [7, 11) is -1.97. The van der Waals surface area contributed by atoms with Crippen LogP contribution in [0.4, 0.5) is 13.2 Å². The van der Waals surface area contributed by atoms with E-state index in [-0.39, 0.29) is 11.4 Å². The van der Waals surface area contributed by atoms with Crippen molar-refractivity contribution in [3.63, 3.8) is 0 Å². The summed E-state index contributed by atoms with van der Waals surface area (Å²) in [6.07, 6.45) is -2.86. The molecule has 12 heteroatoms. The zero-order valence-electron chi connectivity index (χ0n) is 14.1. The maximum atomic E-state index is 12.9. The number of likely N-dealkylation sites (N-methyl/N-ethyl adjacent to an activating group) is 1. The topological polar surface area (TPSA) is 75.7 Å². The van der Waals surface area contributed by atoms with Gasteiger partial charge in [-0.15, -0.1) is 0 Å². The zero-order valence-corrected chi connectivity index (χ0v) is 16.5. The summed E-state index contributed by atoms with van der Waals surface area (Å²) in [5.74, 6) is -0.250. The van der Waals surface area contributed by atoms with Crippen molar-refractivity contribution in [3.05, 3.63) is 28.8 Å². The Bertz CT molecular complexity index is 744. The number of benzene rings is 1. The van der Waals surface area contributed by atoms with Gasteiger partial charge in [0.2, 0.25) is 10.0 Å². The molecule has 0 radical (unpaired) electrons. The Hall–Kier alpha value is -1.01. The standard InChI is InChI=1S/C14H18ClF3N2O4S2/c1-20(24-2)13(21)11(6-7-25-3)19-26(22,23)12-8-9(14(16,17)18)4-5-10(12)15/h4-5,8,11,19H,6-7H2,1-3H3. The number of thioether (sulfide) groups is 1. The molecule has 148 valence electrons. The first kappa shape index (κ1) is 23.0. The molecule has 0 saturated carbocycles. The Kier molecular flexibility index (Phi) is 8.21. The quantitative estimate of drug-likeness (QED) is 0.637. The van der Waals surface area contributed by atoms with E-state index in [0.717, 1.165) is 11.1 Å². The molecular formula is C14H18ClF3N2O4S2. The van der Waals surface area contributed by atoms with Gasteiger partial charge >= 0.3 is 6.18 Å². The van der Waals surface area contributed by atoms with E-state index >= 15 is 0 Å². The van der Waals surface area contributed by atoms with Crippen LogP contribution in [0.2, 0.25) is 5.02 Å². The summed E-state index contributed by atoms with van der Waals surface area (Å²) >= 11 is 7.15. The van der Waals surface area contributed by atoms with Gasteiger partial charge in [0.15, 0.2) is 0 Å². The van der Waals surface area contributed by atoms with Crippen LogP contribution >= 0.6 is 23.4 Å². The molecule has 1 unspecified atom stereocenters. The molecule has 0 aliphatic carbocycles.